The van der Waals surface area contributed by atoms with Gasteiger partial charge in [-0.25, -0.2) is 0 Å². The summed E-state index contributed by atoms with van der Waals surface area (Å²) in [6, 6.07) is 6.17. The van der Waals surface area contributed by atoms with Crippen molar-refractivity contribution in [2.75, 3.05) is 0 Å². The zero-order valence-corrected chi connectivity index (χ0v) is 11.2. The topological polar surface area (TPSA) is 18.5 Å². The monoisotopic (exact) mass is 234 g/mol. The summed E-state index contributed by atoms with van der Waals surface area (Å²) in [6.07, 6.45) is 3.81. The van der Waals surface area contributed by atoms with E-state index in [2.05, 4.69) is 33.8 Å². The number of ether oxygens (including phenoxy) is 2. The van der Waals surface area contributed by atoms with Gasteiger partial charge in [0.1, 0.15) is 17.1 Å². The maximum absolute atomic E-state index is 5.92. The largest absolute Gasteiger partial charge is 0.490 e. The highest BCUT2D eigenvalue weighted by Crippen LogP contribution is 2.33. The van der Waals surface area contributed by atoms with Crippen molar-refractivity contribution in [2.24, 2.45) is 0 Å². The average Bonchev–Trinajstić information content (AvgIpc) is 3.00. The van der Waals surface area contributed by atoms with Gasteiger partial charge in [-0.15, -0.1) is 0 Å². The van der Waals surface area contributed by atoms with Crippen LogP contribution in [0.4, 0.5) is 0 Å². The predicted molar refractivity (Wildman–Crippen MR) is 69.9 cm³/mol. The maximum Gasteiger partial charge on any atom is 0.126 e. The highest BCUT2D eigenvalue weighted by atomic mass is 16.5. The summed E-state index contributed by atoms with van der Waals surface area (Å²) < 4.78 is 11.8. The first-order valence-corrected chi connectivity index (χ1v) is 6.46. The van der Waals surface area contributed by atoms with Crippen LogP contribution in [0.5, 0.6) is 11.5 Å². The Kier molecular flexibility index (Phi) is 3.32. The molecule has 0 N–H and O–H groups in total. The minimum atomic E-state index is -0.162. The summed E-state index contributed by atoms with van der Waals surface area (Å²) in [5.74, 6) is 1.89. The van der Waals surface area contributed by atoms with Gasteiger partial charge in [0.2, 0.25) is 0 Å². The first-order chi connectivity index (χ1) is 7.98. The van der Waals surface area contributed by atoms with E-state index >= 15 is 0 Å². The van der Waals surface area contributed by atoms with E-state index in [-0.39, 0.29) is 5.60 Å². The number of hydrogen-bond acceptors (Lipinski definition) is 2. The smallest absolute Gasteiger partial charge is 0.126 e. The zero-order chi connectivity index (χ0) is 12.5. The molecule has 0 saturated heterocycles. The van der Waals surface area contributed by atoms with Crippen LogP contribution in [0.2, 0.25) is 0 Å². The van der Waals surface area contributed by atoms with E-state index in [9.17, 15) is 0 Å². The summed E-state index contributed by atoms with van der Waals surface area (Å²) in [4.78, 5) is 0. The van der Waals surface area contributed by atoms with Crippen LogP contribution < -0.4 is 9.47 Å². The second-order valence-electron chi connectivity index (χ2n) is 5.65. The highest BCUT2D eigenvalue weighted by Gasteiger charge is 2.24. The molecule has 0 atom stereocenters. The molecule has 0 spiro atoms. The van der Waals surface area contributed by atoms with Crippen molar-refractivity contribution < 1.29 is 9.47 Å². The molecule has 17 heavy (non-hydrogen) atoms. The first kappa shape index (κ1) is 12.3. The van der Waals surface area contributed by atoms with Crippen LogP contribution in [0, 0.1) is 0 Å². The fraction of sp³-hybridized carbons (Fsp3) is 0.600. The second-order valence-corrected chi connectivity index (χ2v) is 5.65. The van der Waals surface area contributed by atoms with Gasteiger partial charge in [-0.2, -0.15) is 0 Å². The fourth-order valence-electron chi connectivity index (χ4n) is 1.72. The lowest BCUT2D eigenvalue weighted by molar-refractivity contribution is 0.130. The van der Waals surface area contributed by atoms with E-state index in [1.165, 1.54) is 18.4 Å². The molecule has 1 aliphatic rings. The van der Waals surface area contributed by atoms with Gasteiger partial charge >= 0.3 is 0 Å². The van der Waals surface area contributed by atoms with Crippen molar-refractivity contribution in [2.45, 2.75) is 58.7 Å². The van der Waals surface area contributed by atoms with Crippen LogP contribution in [0.25, 0.3) is 0 Å². The van der Waals surface area contributed by atoms with E-state index in [0.29, 0.717) is 6.10 Å². The Labute approximate surface area is 104 Å². The molecule has 0 unspecified atom stereocenters. The Balaban J connectivity index is 2.17. The molecule has 1 fully saturated rings. The predicted octanol–water partition coefficient (Wildman–Crippen LogP) is 3.97. The van der Waals surface area contributed by atoms with E-state index < -0.39 is 0 Å². The van der Waals surface area contributed by atoms with Gasteiger partial charge in [0, 0.05) is 6.07 Å². The van der Waals surface area contributed by atoms with Gasteiger partial charge in [-0.3, -0.25) is 0 Å². The summed E-state index contributed by atoms with van der Waals surface area (Å²) >= 11 is 0. The molecule has 1 aromatic carbocycles. The number of hydrogen-bond donors (Lipinski definition) is 0. The SMILES string of the molecule is CCc1ccc(OC(C)(C)C)cc1OC1CC1. The Morgan fingerprint density at radius 2 is 1.94 bits per heavy atom. The van der Waals surface area contributed by atoms with Gasteiger partial charge in [-0.1, -0.05) is 13.0 Å². The van der Waals surface area contributed by atoms with Crippen molar-refractivity contribution in [3.05, 3.63) is 23.8 Å². The first-order valence-electron chi connectivity index (χ1n) is 6.46. The molecule has 0 aromatic heterocycles. The van der Waals surface area contributed by atoms with Gasteiger partial charge in [0.25, 0.3) is 0 Å². The Morgan fingerprint density at radius 1 is 1.24 bits per heavy atom. The minimum absolute atomic E-state index is 0.162. The molecular weight excluding hydrogens is 212 g/mol. The lowest BCUT2D eigenvalue weighted by Crippen LogP contribution is -2.23. The van der Waals surface area contributed by atoms with Crippen LogP contribution in [-0.2, 0) is 6.42 Å². The van der Waals surface area contributed by atoms with E-state index in [1.54, 1.807) is 0 Å². The summed E-state index contributed by atoms with van der Waals surface area (Å²) in [5.41, 5.74) is 1.10. The molecular formula is C15H22O2. The highest BCUT2D eigenvalue weighted by molar-refractivity contribution is 5.41. The van der Waals surface area contributed by atoms with Gasteiger partial charge in [0.15, 0.2) is 0 Å². The molecule has 0 radical (unpaired) electrons. The van der Waals surface area contributed by atoms with Gasteiger partial charge < -0.3 is 9.47 Å². The Bertz CT molecular complexity index is 386. The van der Waals surface area contributed by atoms with Crippen molar-refractivity contribution in [3.8, 4) is 11.5 Å². The maximum atomic E-state index is 5.92. The molecule has 1 aliphatic carbocycles. The number of rotatable bonds is 4. The third-order valence-electron chi connectivity index (χ3n) is 2.66. The molecule has 2 nitrogen and oxygen atoms in total. The van der Waals surface area contributed by atoms with E-state index in [0.717, 1.165) is 17.9 Å². The third-order valence-corrected chi connectivity index (χ3v) is 2.66. The molecule has 0 amide bonds. The molecule has 2 heteroatoms. The van der Waals surface area contributed by atoms with Crippen molar-refractivity contribution in [3.63, 3.8) is 0 Å². The molecule has 94 valence electrons. The number of benzene rings is 1. The van der Waals surface area contributed by atoms with Crippen LogP contribution in [0.1, 0.15) is 46.1 Å². The van der Waals surface area contributed by atoms with Gasteiger partial charge in [0.05, 0.1) is 6.10 Å². The van der Waals surface area contributed by atoms with E-state index in [1.807, 2.05) is 12.1 Å². The Hall–Kier alpha value is -1.18. The lowest BCUT2D eigenvalue weighted by Gasteiger charge is -2.22. The second kappa shape index (κ2) is 4.59. The van der Waals surface area contributed by atoms with Crippen molar-refractivity contribution >= 4 is 0 Å². The van der Waals surface area contributed by atoms with Crippen LogP contribution >= 0.6 is 0 Å². The standard InChI is InChI=1S/C15H22O2/c1-5-11-6-7-13(17-15(2,3)4)10-14(11)16-12-8-9-12/h6-7,10,12H,5,8-9H2,1-4H3. The summed E-state index contributed by atoms with van der Waals surface area (Å²) in [6.45, 7) is 8.33. The van der Waals surface area contributed by atoms with Crippen molar-refractivity contribution in [1.82, 2.24) is 0 Å². The van der Waals surface area contributed by atoms with Crippen LogP contribution in [-0.4, -0.2) is 11.7 Å². The zero-order valence-electron chi connectivity index (χ0n) is 11.2. The minimum Gasteiger partial charge on any atom is -0.490 e. The molecule has 0 bridgehead atoms. The van der Waals surface area contributed by atoms with Crippen LogP contribution in [0.3, 0.4) is 0 Å². The van der Waals surface area contributed by atoms with Gasteiger partial charge in [-0.05, 0) is 51.7 Å². The Morgan fingerprint density at radius 3 is 2.47 bits per heavy atom. The third kappa shape index (κ3) is 3.65. The lowest BCUT2D eigenvalue weighted by atomic mass is 10.1. The average molecular weight is 234 g/mol. The van der Waals surface area contributed by atoms with Crippen molar-refractivity contribution in [1.29, 1.82) is 0 Å². The van der Waals surface area contributed by atoms with Crippen LogP contribution in [0.15, 0.2) is 18.2 Å². The quantitative estimate of drug-likeness (QED) is 0.785. The number of aryl methyl sites for hydroxylation is 1. The fourth-order valence-corrected chi connectivity index (χ4v) is 1.72. The molecule has 0 heterocycles. The summed E-state index contributed by atoms with van der Waals surface area (Å²) in [7, 11) is 0. The normalized spacial score (nSPS) is 15.8. The molecule has 0 aliphatic heterocycles. The summed E-state index contributed by atoms with van der Waals surface area (Å²) in [5, 5.41) is 0. The molecule has 2 rings (SSSR count). The molecule has 1 aromatic rings. The molecule has 1 saturated carbocycles. The van der Waals surface area contributed by atoms with E-state index in [4.69, 9.17) is 9.47 Å².